The Morgan fingerprint density at radius 1 is 1.18 bits per heavy atom. The second-order valence-corrected chi connectivity index (χ2v) is 9.63. The topological polar surface area (TPSA) is 82.4 Å². The van der Waals surface area contributed by atoms with Gasteiger partial charge in [0, 0.05) is 31.5 Å². The molecule has 2 heterocycles. The summed E-state index contributed by atoms with van der Waals surface area (Å²) in [7, 11) is 2.09. The van der Waals surface area contributed by atoms with Crippen LogP contribution < -0.4 is 5.32 Å². The molecule has 1 saturated heterocycles. The molecule has 1 fully saturated rings. The summed E-state index contributed by atoms with van der Waals surface area (Å²) in [5, 5.41) is 11.5. The number of hydrogen-bond donors (Lipinski definition) is 1. The molecule has 6 nitrogen and oxygen atoms in total. The van der Waals surface area contributed by atoms with Crippen LogP contribution in [-0.4, -0.2) is 43.5 Å². The van der Waals surface area contributed by atoms with Crippen molar-refractivity contribution in [2.24, 2.45) is 5.92 Å². The maximum absolute atomic E-state index is 12.8. The summed E-state index contributed by atoms with van der Waals surface area (Å²) in [5.41, 5.74) is 3.93. The molecule has 33 heavy (non-hydrogen) atoms. The number of nitriles is 1. The molecule has 4 rings (SSSR count). The summed E-state index contributed by atoms with van der Waals surface area (Å²) >= 11 is 0. The Labute approximate surface area is 195 Å². The lowest BCUT2D eigenvalue weighted by atomic mass is 9.82. The number of nitrogens with one attached hydrogen (secondary N) is 1. The number of benzene rings is 2. The molecule has 0 bridgehead atoms. The highest BCUT2D eigenvalue weighted by Gasteiger charge is 2.46. The van der Waals surface area contributed by atoms with Crippen LogP contribution in [0.2, 0.25) is 0 Å². The number of rotatable bonds is 6. The van der Waals surface area contributed by atoms with Crippen LogP contribution in [0.5, 0.6) is 0 Å². The van der Waals surface area contributed by atoms with Crippen LogP contribution in [0, 0.1) is 17.2 Å². The van der Waals surface area contributed by atoms with Crippen LogP contribution in [-0.2, 0) is 15.1 Å². The fourth-order valence-electron chi connectivity index (χ4n) is 4.98. The molecular weight excluding hydrogens is 414 g/mol. The summed E-state index contributed by atoms with van der Waals surface area (Å²) in [6, 6.07) is 15.9. The normalized spacial score (nSPS) is 18.0. The van der Waals surface area contributed by atoms with E-state index in [2.05, 4.69) is 31.1 Å². The van der Waals surface area contributed by atoms with Crippen molar-refractivity contribution in [3.05, 3.63) is 59.2 Å². The highest BCUT2D eigenvalue weighted by Crippen LogP contribution is 2.45. The van der Waals surface area contributed by atoms with Crippen LogP contribution in [0.25, 0.3) is 11.1 Å². The fourth-order valence-corrected chi connectivity index (χ4v) is 4.98. The molecule has 2 aliphatic heterocycles. The summed E-state index contributed by atoms with van der Waals surface area (Å²) < 4.78 is 5.93. The Morgan fingerprint density at radius 2 is 1.91 bits per heavy atom. The number of carbonyl (C=O) groups is 2. The van der Waals surface area contributed by atoms with Gasteiger partial charge in [0.2, 0.25) is 5.91 Å². The van der Waals surface area contributed by atoms with Crippen molar-refractivity contribution in [3.8, 4) is 17.2 Å². The molecule has 1 atom stereocenters. The zero-order chi connectivity index (χ0) is 23.6. The van der Waals surface area contributed by atoms with Gasteiger partial charge in [-0.1, -0.05) is 50.2 Å². The van der Waals surface area contributed by atoms with Crippen molar-refractivity contribution < 1.29 is 14.3 Å². The molecular formula is C27H31N3O3. The van der Waals surface area contributed by atoms with Crippen LogP contribution in [0.15, 0.2) is 42.5 Å². The van der Waals surface area contributed by atoms with Crippen molar-refractivity contribution in [1.29, 1.82) is 5.26 Å². The van der Waals surface area contributed by atoms with E-state index in [1.807, 2.05) is 48.5 Å². The Balaban J connectivity index is 1.65. The Bertz CT molecular complexity index is 1090. The van der Waals surface area contributed by atoms with Crippen molar-refractivity contribution in [2.75, 3.05) is 26.7 Å². The lowest BCUT2D eigenvalue weighted by Crippen LogP contribution is -2.40. The van der Waals surface area contributed by atoms with E-state index in [0.29, 0.717) is 17.9 Å². The van der Waals surface area contributed by atoms with E-state index in [9.17, 15) is 9.59 Å². The number of esters is 1. The number of likely N-dealkylation sites (tertiary alicyclic amines) is 1. The SMILES string of the molecule is CC(C)CC(C(=O)NCC#N)c1cccc(-c2ccc3c(c2)C(=O)OC32CCN(C)CC2)c1. The first-order valence-corrected chi connectivity index (χ1v) is 11.6. The van der Waals surface area contributed by atoms with E-state index >= 15 is 0 Å². The highest BCUT2D eigenvalue weighted by atomic mass is 16.6. The predicted octanol–water partition coefficient (Wildman–Crippen LogP) is 4.21. The van der Waals surface area contributed by atoms with E-state index in [4.69, 9.17) is 10.00 Å². The van der Waals surface area contributed by atoms with Gasteiger partial charge in [0.15, 0.2) is 0 Å². The van der Waals surface area contributed by atoms with Crippen molar-refractivity contribution >= 4 is 11.9 Å². The number of amides is 1. The van der Waals surface area contributed by atoms with E-state index in [0.717, 1.165) is 48.2 Å². The van der Waals surface area contributed by atoms with Crippen LogP contribution >= 0.6 is 0 Å². The first-order chi connectivity index (χ1) is 15.8. The maximum atomic E-state index is 12.8. The van der Waals surface area contributed by atoms with Gasteiger partial charge in [0.1, 0.15) is 12.1 Å². The molecule has 2 aliphatic rings. The van der Waals surface area contributed by atoms with Crippen molar-refractivity contribution in [2.45, 2.75) is 44.6 Å². The fraction of sp³-hybridized carbons (Fsp3) is 0.444. The molecule has 1 unspecified atom stereocenters. The second-order valence-electron chi connectivity index (χ2n) is 9.63. The molecule has 172 valence electrons. The molecule has 2 aromatic rings. The molecule has 2 aromatic carbocycles. The summed E-state index contributed by atoms with van der Waals surface area (Å²) in [6.07, 6.45) is 2.31. The van der Waals surface area contributed by atoms with Gasteiger partial charge in [-0.3, -0.25) is 4.79 Å². The number of nitrogens with zero attached hydrogens (tertiary/aromatic N) is 2. The lowest BCUT2D eigenvalue weighted by molar-refractivity contribution is -0.122. The minimum atomic E-state index is -0.500. The zero-order valence-corrected chi connectivity index (χ0v) is 19.6. The molecule has 0 saturated carbocycles. The zero-order valence-electron chi connectivity index (χ0n) is 19.6. The van der Waals surface area contributed by atoms with Crippen molar-refractivity contribution in [3.63, 3.8) is 0 Å². The van der Waals surface area contributed by atoms with Gasteiger partial charge in [-0.05, 0) is 42.1 Å². The van der Waals surface area contributed by atoms with Gasteiger partial charge in [0.05, 0.1) is 17.6 Å². The number of piperidine rings is 1. The van der Waals surface area contributed by atoms with E-state index in [1.165, 1.54) is 0 Å². The summed E-state index contributed by atoms with van der Waals surface area (Å²) in [5.74, 6) is -0.391. The van der Waals surface area contributed by atoms with Gasteiger partial charge in [-0.15, -0.1) is 0 Å². The Hall–Kier alpha value is -3.17. The average molecular weight is 446 g/mol. The largest absolute Gasteiger partial charge is 0.450 e. The predicted molar refractivity (Wildman–Crippen MR) is 127 cm³/mol. The van der Waals surface area contributed by atoms with Crippen LogP contribution in [0.3, 0.4) is 0 Å². The number of ether oxygens (including phenoxy) is 1. The van der Waals surface area contributed by atoms with Crippen LogP contribution in [0.1, 0.15) is 60.5 Å². The van der Waals surface area contributed by atoms with Gasteiger partial charge in [0.25, 0.3) is 0 Å². The standard InChI is InChI=1S/C27H31N3O3/c1-18(2)15-22(25(31)29-12-11-28)21-6-4-5-19(16-21)20-7-8-24-23(17-20)26(32)33-27(24)9-13-30(3)14-10-27/h4-8,16-18,22H,9-10,12-15H2,1-3H3,(H,29,31). The Morgan fingerprint density at radius 3 is 2.61 bits per heavy atom. The lowest BCUT2D eigenvalue weighted by Gasteiger charge is -2.36. The van der Waals surface area contributed by atoms with Gasteiger partial charge >= 0.3 is 5.97 Å². The third-order valence-corrected chi connectivity index (χ3v) is 6.80. The van der Waals surface area contributed by atoms with E-state index in [1.54, 1.807) is 0 Å². The third kappa shape index (κ3) is 4.65. The Kier molecular flexibility index (Phi) is 6.53. The van der Waals surface area contributed by atoms with Crippen LogP contribution in [0.4, 0.5) is 0 Å². The maximum Gasteiger partial charge on any atom is 0.339 e. The van der Waals surface area contributed by atoms with Gasteiger partial charge in [-0.25, -0.2) is 4.79 Å². The second kappa shape index (κ2) is 9.36. The summed E-state index contributed by atoms with van der Waals surface area (Å²) in [6.45, 7) is 5.97. The minimum absolute atomic E-state index is 0.00239. The molecule has 1 N–H and O–H groups in total. The quantitative estimate of drug-likeness (QED) is 0.532. The molecule has 1 spiro atoms. The first kappa shape index (κ1) is 23.0. The first-order valence-electron chi connectivity index (χ1n) is 11.6. The molecule has 1 amide bonds. The van der Waals surface area contributed by atoms with Gasteiger partial charge < -0.3 is 15.0 Å². The summed E-state index contributed by atoms with van der Waals surface area (Å²) in [4.78, 5) is 27.8. The van der Waals surface area contributed by atoms with Crippen molar-refractivity contribution in [1.82, 2.24) is 10.2 Å². The average Bonchev–Trinajstić information content (AvgIpc) is 3.08. The smallest absolute Gasteiger partial charge is 0.339 e. The number of carbonyl (C=O) groups excluding carboxylic acids is 2. The third-order valence-electron chi connectivity index (χ3n) is 6.80. The monoisotopic (exact) mass is 445 g/mol. The van der Waals surface area contributed by atoms with Gasteiger partial charge in [-0.2, -0.15) is 5.26 Å². The minimum Gasteiger partial charge on any atom is -0.450 e. The van der Waals surface area contributed by atoms with E-state index in [-0.39, 0.29) is 24.3 Å². The number of hydrogen-bond acceptors (Lipinski definition) is 5. The molecule has 0 aromatic heterocycles. The highest BCUT2D eigenvalue weighted by molar-refractivity contribution is 5.96. The van der Waals surface area contributed by atoms with E-state index < -0.39 is 5.60 Å². The molecule has 6 heteroatoms. The number of fused-ring (bicyclic) bond motifs is 2. The molecule has 0 aliphatic carbocycles. The molecule has 0 radical (unpaired) electrons.